The van der Waals surface area contributed by atoms with Gasteiger partial charge in [0.25, 0.3) is 0 Å². The first-order valence-corrected chi connectivity index (χ1v) is 6.94. The molecule has 1 atom stereocenters. The summed E-state index contributed by atoms with van der Waals surface area (Å²) in [5.41, 5.74) is -0.0250. The summed E-state index contributed by atoms with van der Waals surface area (Å²) in [5.74, 6) is 2.01. The van der Waals surface area contributed by atoms with Gasteiger partial charge in [-0.1, -0.05) is 0 Å². The third-order valence-corrected chi connectivity index (χ3v) is 5.37. The van der Waals surface area contributed by atoms with Crippen molar-refractivity contribution < 1.29 is 14.3 Å². The Balaban J connectivity index is 1.88. The van der Waals surface area contributed by atoms with E-state index >= 15 is 0 Å². The van der Waals surface area contributed by atoms with Crippen molar-refractivity contribution in [3.05, 3.63) is 0 Å². The van der Waals surface area contributed by atoms with Gasteiger partial charge in [0.05, 0.1) is 7.11 Å². The van der Waals surface area contributed by atoms with Gasteiger partial charge in [-0.05, 0) is 56.3 Å². The van der Waals surface area contributed by atoms with Crippen LogP contribution in [-0.4, -0.2) is 25.5 Å². The molecule has 0 heterocycles. The van der Waals surface area contributed by atoms with E-state index in [1.165, 1.54) is 26.4 Å². The largest absolute Gasteiger partial charge is 0.467 e. The summed E-state index contributed by atoms with van der Waals surface area (Å²) in [7, 11) is 1.41. The molecule has 0 aromatic rings. The lowest BCUT2D eigenvalue weighted by Crippen LogP contribution is -2.58. The number of esters is 1. The van der Waals surface area contributed by atoms with Crippen LogP contribution in [0, 0.1) is 23.2 Å². The van der Waals surface area contributed by atoms with Crippen molar-refractivity contribution in [1.82, 2.24) is 5.32 Å². The molecule has 0 aromatic carbocycles. The molecule has 0 unspecified atom stereocenters. The van der Waals surface area contributed by atoms with E-state index in [1.807, 2.05) is 0 Å². The van der Waals surface area contributed by atoms with Gasteiger partial charge in [-0.25, -0.2) is 4.79 Å². The van der Waals surface area contributed by atoms with Crippen molar-refractivity contribution in [3.8, 4) is 0 Å². The molecule has 0 saturated heterocycles. The van der Waals surface area contributed by atoms with Crippen LogP contribution in [0.4, 0.5) is 0 Å². The van der Waals surface area contributed by atoms with Crippen LogP contribution in [0.15, 0.2) is 0 Å². The zero-order valence-corrected chi connectivity index (χ0v) is 10.9. The van der Waals surface area contributed by atoms with Crippen molar-refractivity contribution in [3.63, 3.8) is 0 Å². The molecule has 4 rings (SSSR count). The minimum absolute atomic E-state index is 0.0250. The number of nitrogens with one attached hydrogen (secondary N) is 1. The van der Waals surface area contributed by atoms with Gasteiger partial charge in [0, 0.05) is 5.41 Å². The number of hydrogen-bond acceptors (Lipinski definition) is 3. The van der Waals surface area contributed by atoms with Gasteiger partial charge in [-0.15, -0.1) is 0 Å². The number of hydrogen-bond donors (Lipinski definition) is 1. The fourth-order valence-corrected chi connectivity index (χ4v) is 5.21. The Kier molecular flexibility index (Phi) is 2.83. The highest BCUT2D eigenvalue weighted by Crippen LogP contribution is 2.61. The van der Waals surface area contributed by atoms with E-state index in [0.29, 0.717) is 6.41 Å². The lowest BCUT2D eigenvalue weighted by molar-refractivity contribution is -0.156. The zero-order chi connectivity index (χ0) is 12.8. The lowest BCUT2D eigenvalue weighted by atomic mass is 9.47. The first-order chi connectivity index (χ1) is 8.66. The van der Waals surface area contributed by atoms with E-state index in [0.717, 1.165) is 37.0 Å². The van der Waals surface area contributed by atoms with Gasteiger partial charge >= 0.3 is 5.97 Å². The first-order valence-electron chi connectivity index (χ1n) is 6.94. The van der Waals surface area contributed by atoms with Gasteiger partial charge in [0.15, 0.2) is 0 Å². The standard InChI is InChI=1S/C14H21NO3/c1-18-13(17)12(15-8-16)14-5-9-2-10(6-14)4-11(3-9)7-14/h8-12H,2-7H2,1H3,(H,15,16)/t9?,10?,11?,12-,14?/m0/s1. The average Bonchev–Trinajstić information content (AvgIpc) is 2.33. The number of carbonyl (C=O) groups excluding carboxylic acids is 2. The molecule has 4 nitrogen and oxygen atoms in total. The minimum Gasteiger partial charge on any atom is -0.467 e. The molecule has 4 aliphatic rings. The number of ether oxygens (including phenoxy) is 1. The number of methoxy groups -OCH3 is 1. The smallest absolute Gasteiger partial charge is 0.328 e. The van der Waals surface area contributed by atoms with Crippen LogP contribution >= 0.6 is 0 Å². The second-order valence-electron chi connectivity index (χ2n) is 6.52. The van der Waals surface area contributed by atoms with E-state index in [9.17, 15) is 9.59 Å². The van der Waals surface area contributed by atoms with Crippen LogP contribution in [0.2, 0.25) is 0 Å². The molecule has 0 aliphatic heterocycles. The molecule has 4 bridgehead atoms. The van der Waals surface area contributed by atoms with Gasteiger partial charge in [0.1, 0.15) is 6.04 Å². The Morgan fingerprint density at radius 1 is 1.22 bits per heavy atom. The summed E-state index contributed by atoms with van der Waals surface area (Å²) < 4.78 is 4.89. The third-order valence-electron chi connectivity index (χ3n) is 5.37. The second kappa shape index (κ2) is 4.25. The van der Waals surface area contributed by atoms with Gasteiger partial charge in [-0.3, -0.25) is 4.79 Å². The van der Waals surface area contributed by atoms with Crippen LogP contribution in [0.1, 0.15) is 38.5 Å². The fraction of sp³-hybridized carbons (Fsp3) is 0.857. The molecule has 4 aliphatic carbocycles. The highest BCUT2D eigenvalue weighted by Gasteiger charge is 2.56. The molecular formula is C14H21NO3. The maximum atomic E-state index is 12.0. The molecule has 18 heavy (non-hydrogen) atoms. The molecule has 4 saturated carbocycles. The molecule has 1 amide bonds. The third kappa shape index (κ3) is 1.73. The van der Waals surface area contributed by atoms with Gasteiger partial charge in [0.2, 0.25) is 6.41 Å². The van der Waals surface area contributed by atoms with E-state index in [1.54, 1.807) is 0 Å². The van der Waals surface area contributed by atoms with Crippen LogP contribution in [0.25, 0.3) is 0 Å². The molecule has 4 heteroatoms. The highest BCUT2D eigenvalue weighted by atomic mass is 16.5. The van der Waals surface area contributed by atoms with Crippen LogP contribution in [-0.2, 0) is 14.3 Å². The molecule has 1 N–H and O–H groups in total. The van der Waals surface area contributed by atoms with E-state index in [-0.39, 0.29) is 11.4 Å². The predicted molar refractivity (Wildman–Crippen MR) is 65.6 cm³/mol. The van der Waals surface area contributed by atoms with Gasteiger partial charge < -0.3 is 10.1 Å². The maximum Gasteiger partial charge on any atom is 0.328 e. The Morgan fingerprint density at radius 3 is 2.11 bits per heavy atom. The highest BCUT2D eigenvalue weighted by molar-refractivity contribution is 5.79. The fourth-order valence-electron chi connectivity index (χ4n) is 5.21. The SMILES string of the molecule is COC(=O)[C@H](NC=O)C12CC3CC(CC(C3)C1)C2. The van der Waals surface area contributed by atoms with Crippen molar-refractivity contribution in [2.24, 2.45) is 23.2 Å². The summed E-state index contributed by atoms with van der Waals surface area (Å²) >= 11 is 0. The van der Waals surface area contributed by atoms with Gasteiger partial charge in [-0.2, -0.15) is 0 Å². The van der Waals surface area contributed by atoms with Crippen molar-refractivity contribution in [1.29, 1.82) is 0 Å². The average molecular weight is 251 g/mol. The minimum atomic E-state index is -0.437. The Morgan fingerprint density at radius 2 is 1.72 bits per heavy atom. The topological polar surface area (TPSA) is 55.4 Å². The Hall–Kier alpha value is -1.06. The summed E-state index contributed by atoms with van der Waals surface area (Å²) in [6.07, 6.45) is 7.88. The summed E-state index contributed by atoms with van der Waals surface area (Å²) in [5, 5.41) is 2.74. The van der Waals surface area contributed by atoms with Crippen LogP contribution < -0.4 is 5.32 Å². The number of rotatable bonds is 4. The van der Waals surface area contributed by atoms with E-state index in [4.69, 9.17) is 4.74 Å². The summed E-state index contributed by atoms with van der Waals surface area (Å²) in [6.45, 7) is 0. The molecule has 0 spiro atoms. The van der Waals surface area contributed by atoms with Crippen molar-refractivity contribution >= 4 is 12.4 Å². The molecule has 4 fully saturated rings. The first kappa shape index (κ1) is 12.0. The number of carbonyl (C=O) groups is 2. The zero-order valence-electron chi connectivity index (χ0n) is 10.9. The monoisotopic (exact) mass is 251 g/mol. The Labute approximate surface area is 107 Å². The van der Waals surface area contributed by atoms with Crippen LogP contribution in [0.3, 0.4) is 0 Å². The summed E-state index contributed by atoms with van der Waals surface area (Å²) in [6, 6.07) is -0.437. The van der Waals surface area contributed by atoms with E-state index in [2.05, 4.69) is 5.32 Å². The maximum absolute atomic E-state index is 12.0. The molecule has 0 radical (unpaired) electrons. The predicted octanol–water partition coefficient (Wildman–Crippen LogP) is 1.49. The molecular weight excluding hydrogens is 230 g/mol. The Bertz CT molecular complexity index is 331. The second-order valence-corrected chi connectivity index (χ2v) is 6.52. The molecule has 100 valence electrons. The van der Waals surface area contributed by atoms with E-state index < -0.39 is 6.04 Å². The lowest BCUT2D eigenvalue weighted by Gasteiger charge is -2.58. The summed E-state index contributed by atoms with van der Waals surface area (Å²) in [4.78, 5) is 22.8. The number of amides is 1. The quantitative estimate of drug-likeness (QED) is 0.608. The van der Waals surface area contributed by atoms with Crippen molar-refractivity contribution in [2.45, 2.75) is 44.6 Å². The van der Waals surface area contributed by atoms with Crippen LogP contribution in [0.5, 0.6) is 0 Å². The normalized spacial score (nSPS) is 42.4. The van der Waals surface area contributed by atoms with Crippen molar-refractivity contribution in [2.75, 3.05) is 7.11 Å². The molecule has 0 aromatic heterocycles.